The van der Waals surface area contributed by atoms with Crippen LogP contribution < -0.4 is 5.73 Å². The van der Waals surface area contributed by atoms with E-state index >= 15 is 0 Å². The molecule has 11 heavy (non-hydrogen) atoms. The Hall–Kier alpha value is -1.42. The standard InChI is InChI=1S/C7H7N2O2/c8-7(11)6-5(4-10)2-1-3-9-6/h1,3,10H,4H2,(H2,8,11). The lowest BCUT2D eigenvalue weighted by atomic mass is 10.2. The second-order valence-electron chi connectivity index (χ2n) is 1.94. The predicted molar refractivity (Wildman–Crippen MR) is 37.5 cm³/mol. The van der Waals surface area contributed by atoms with Gasteiger partial charge in [0.1, 0.15) is 5.69 Å². The highest BCUT2D eigenvalue weighted by Crippen LogP contribution is 2.02. The number of aromatic nitrogens is 1. The number of nitrogens with two attached hydrogens (primary N) is 1. The van der Waals surface area contributed by atoms with Crippen LogP contribution in [0.4, 0.5) is 0 Å². The third-order valence-electron chi connectivity index (χ3n) is 1.21. The molecule has 3 N–H and O–H groups in total. The molecule has 1 radical (unpaired) electrons. The quantitative estimate of drug-likeness (QED) is 0.596. The Balaban J connectivity index is 3.12. The van der Waals surface area contributed by atoms with Crippen LogP contribution in [0.25, 0.3) is 0 Å². The van der Waals surface area contributed by atoms with Crippen molar-refractivity contribution < 1.29 is 9.90 Å². The zero-order valence-corrected chi connectivity index (χ0v) is 5.74. The second kappa shape index (κ2) is 3.12. The van der Waals surface area contributed by atoms with Crippen molar-refractivity contribution in [2.45, 2.75) is 6.61 Å². The Morgan fingerprint density at radius 1 is 1.82 bits per heavy atom. The summed E-state index contributed by atoms with van der Waals surface area (Å²) in [5.41, 5.74) is 5.37. The summed E-state index contributed by atoms with van der Waals surface area (Å²) in [6.07, 6.45) is 1.40. The predicted octanol–water partition coefficient (Wildman–Crippen LogP) is -0.527. The monoisotopic (exact) mass is 151 g/mol. The summed E-state index contributed by atoms with van der Waals surface area (Å²) in [4.78, 5) is 14.3. The molecule has 0 unspecified atom stereocenters. The Morgan fingerprint density at radius 3 is 3.00 bits per heavy atom. The SMILES string of the molecule is NC(=O)c1ncc[c]c1CO. The number of hydrogen-bond donors (Lipinski definition) is 2. The summed E-state index contributed by atoms with van der Waals surface area (Å²) in [7, 11) is 0. The number of primary amides is 1. The third-order valence-corrected chi connectivity index (χ3v) is 1.21. The van der Waals surface area contributed by atoms with E-state index < -0.39 is 5.91 Å². The van der Waals surface area contributed by atoms with E-state index in [-0.39, 0.29) is 12.3 Å². The summed E-state index contributed by atoms with van der Waals surface area (Å²) >= 11 is 0. The van der Waals surface area contributed by atoms with E-state index in [4.69, 9.17) is 10.8 Å². The van der Waals surface area contributed by atoms with E-state index in [1.807, 2.05) is 0 Å². The first-order valence-corrected chi connectivity index (χ1v) is 3.02. The van der Waals surface area contributed by atoms with Crippen molar-refractivity contribution in [2.24, 2.45) is 5.73 Å². The molecule has 57 valence electrons. The van der Waals surface area contributed by atoms with Gasteiger partial charge in [-0.05, 0) is 12.1 Å². The zero-order valence-electron chi connectivity index (χ0n) is 5.74. The molecule has 0 aliphatic rings. The van der Waals surface area contributed by atoms with Crippen molar-refractivity contribution >= 4 is 5.91 Å². The topological polar surface area (TPSA) is 76.2 Å². The van der Waals surface area contributed by atoms with Gasteiger partial charge in [0.15, 0.2) is 0 Å². The van der Waals surface area contributed by atoms with E-state index in [0.717, 1.165) is 0 Å². The lowest BCUT2D eigenvalue weighted by Gasteiger charge is -1.98. The van der Waals surface area contributed by atoms with Crippen LogP contribution in [0.5, 0.6) is 0 Å². The van der Waals surface area contributed by atoms with Crippen LogP contribution in [-0.2, 0) is 6.61 Å². The number of aliphatic hydroxyl groups excluding tert-OH is 1. The zero-order chi connectivity index (χ0) is 8.27. The van der Waals surface area contributed by atoms with Gasteiger partial charge < -0.3 is 10.8 Å². The number of nitrogens with zero attached hydrogens (tertiary/aromatic N) is 1. The molecule has 0 aliphatic carbocycles. The molecule has 0 fully saturated rings. The van der Waals surface area contributed by atoms with Crippen molar-refractivity contribution in [1.29, 1.82) is 0 Å². The largest absolute Gasteiger partial charge is 0.392 e. The smallest absolute Gasteiger partial charge is 0.267 e. The van der Waals surface area contributed by atoms with E-state index in [1.54, 1.807) is 0 Å². The van der Waals surface area contributed by atoms with Crippen molar-refractivity contribution in [3.63, 3.8) is 0 Å². The number of rotatable bonds is 2. The van der Waals surface area contributed by atoms with E-state index in [0.29, 0.717) is 5.56 Å². The van der Waals surface area contributed by atoms with Crippen molar-refractivity contribution in [2.75, 3.05) is 0 Å². The number of carbonyl (C=O) groups is 1. The molecule has 4 nitrogen and oxygen atoms in total. The molecule has 1 aromatic heterocycles. The van der Waals surface area contributed by atoms with Gasteiger partial charge in [-0.3, -0.25) is 9.78 Å². The van der Waals surface area contributed by atoms with Gasteiger partial charge in [0, 0.05) is 11.8 Å². The van der Waals surface area contributed by atoms with Crippen LogP contribution in [0.15, 0.2) is 12.3 Å². The van der Waals surface area contributed by atoms with Crippen molar-refractivity contribution in [3.05, 3.63) is 29.6 Å². The van der Waals surface area contributed by atoms with Crippen molar-refractivity contribution in [3.8, 4) is 0 Å². The Kier molecular flexibility index (Phi) is 2.18. The highest BCUT2D eigenvalue weighted by molar-refractivity contribution is 5.92. The highest BCUT2D eigenvalue weighted by Gasteiger charge is 2.06. The van der Waals surface area contributed by atoms with Crippen LogP contribution >= 0.6 is 0 Å². The molecule has 0 aromatic carbocycles. The van der Waals surface area contributed by atoms with Crippen LogP contribution in [0.1, 0.15) is 16.1 Å². The van der Waals surface area contributed by atoms with Crippen LogP contribution in [0.3, 0.4) is 0 Å². The maximum atomic E-state index is 10.6. The average Bonchev–Trinajstić information content (AvgIpc) is 2.04. The minimum Gasteiger partial charge on any atom is -0.392 e. The van der Waals surface area contributed by atoms with Crippen molar-refractivity contribution in [1.82, 2.24) is 4.98 Å². The van der Waals surface area contributed by atoms with Crippen LogP contribution in [0.2, 0.25) is 0 Å². The van der Waals surface area contributed by atoms with E-state index in [9.17, 15) is 4.79 Å². The minimum absolute atomic E-state index is 0.0787. The lowest BCUT2D eigenvalue weighted by Crippen LogP contribution is -2.15. The van der Waals surface area contributed by atoms with Gasteiger partial charge in [-0.25, -0.2) is 0 Å². The Bertz CT molecular complexity index is 273. The molecule has 1 rings (SSSR count). The first-order valence-electron chi connectivity index (χ1n) is 3.02. The van der Waals surface area contributed by atoms with Gasteiger partial charge in [-0.2, -0.15) is 0 Å². The molecule has 1 aromatic rings. The fourth-order valence-corrected chi connectivity index (χ4v) is 0.729. The number of aliphatic hydroxyl groups is 1. The first-order chi connectivity index (χ1) is 5.25. The Labute approximate surface area is 63.7 Å². The molecule has 0 spiro atoms. The van der Waals surface area contributed by atoms with Crippen LogP contribution in [0, 0.1) is 6.07 Å². The van der Waals surface area contributed by atoms with Gasteiger partial charge in [-0.15, -0.1) is 0 Å². The van der Waals surface area contributed by atoms with Crippen LogP contribution in [-0.4, -0.2) is 16.0 Å². The average molecular weight is 151 g/mol. The summed E-state index contributed by atoms with van der Waals surface area (Å²) in [6.45, 7) is -0.272. The molecule has 1 amide bonds. The maximum Gasteiger partial charge on any atom is 0.267 e. The lowest BCUT2D eigenvalue weighted by molar-refractivity contribution is 0.0992. The minimum atomic E-state index is -0.647. The highest BCUT2D eigenvalue weighted by atomic mass is 16.3. The van der Waals surface area contributed by atoms with Gasteiger partial charge >= 0.3 is 0 Å². The number of hydrogen-bond acceptors (Lipinski definition) is 3. The molecule has 0 bridgehead atoms. The summed E-state index contributed by atoms with van der Waals surface area (Å²) < 4.78 is 0. The maximum absolute atomic E-state index is 10.6. The third kappa shape index (κ3) is 1.53. The summed E-state index contributed by atoms with van der Waals surface area (Å²) in [5, 5.41) is 8.69. The molecule has 4 heteroatoms. The fourth-order valence-electron chi connectivity index (χ4n) is 0.729. The normalized spacial score (nSPS) is 9.55. The number of carbonyl (C=O) groups excluding carboxylic acids is 1. The molecule has 0 atom stereocenters. The van der Waals surface area contributed by atoms with Gasteiger partial charge in [0.25, 0.3) is 5.91 Å². The van der Waals surface area contributed by atoms with Gasteiger partial charge in [0.05, 0.1) is 6.61 Å². The number of pyridine rings is 1. The van der Waals surface area contributed by atoms with Gasteiger partial charge in [-0.1, -0.05) is 0 Å². The molecule has 1 heterocycles. The molecule has 0 saturated carbocycles. The molecular weight excluding hydrogens is 144 g/mol. The molecule has 0 aliphatic heterocycles. The van der Waals surface area contributed by atoms with Gasteiger partial charge in [0.2, 0.25) is 0 Å². The number of amides is 1. The second-order valence-corrected chi connectivity index (χ2v) is 1.94. The summed E-state index contributed by atoms with van der Waals surface area (Å²) in [5.74, 6) is -0.647. The summed E-state index contributed by atoms with van der Waals surface area (Å²) in [6, 6.07) is 4.17. The Morgan fingerprint density at radius 2 is 2.55 bits per heavy atom. The van der Waals surface area contributed by atoms with E-state index in [1.165, 1.54) is 12.3 Å². The molecule has 0 saturated heterocycles. The fraction of sp³-hybridized carbons (Fsp3) is 0.143. The molecular formula is C7H7N2O2. The van der Waals surface area contributed by atoms with E-state index in [2.05, 4.69) is 11.1 Å². The first kappa shape index (κ1) is 7.68.